The number of hydrogen-bond acceptors (Lipinski definition) is 5. The van der Waals surface area contributed by atoms with E-state index in [1.807, 2.05) is 6.07 Å². The lowest BCUT2D eigenvalue weighted by atomic mass is 10.1. The zero-order valence-electron chi connectivity index (χ0n) is 16.1. The molecule has 2 aromatic rings. The van der Waals surface area contributed by atoms with Crippen molar-refractivity contribution in [2.24, 2.45) is 0 Å². The predicted octanol–water partition coefficient (Wildman–Crippen LogP) is 2.68. The number of β-amino-alcohol motifs (C(OH)–C–C–N with tert-alkyl or cyclic N) is 1. The Morgan fingerprint density at radius 1 is 1.07 bits per heavy atom. The minimum atomic E-state index is -0.585. The van der Waals surface area contributed by atoms with Gasteiger partial charge < -0.3 is 14.7 Å². The zero-order valence-corrected chi connectivity index (χ0v) is 16.1. The maximum atomic E-state index is 11.0. The second-order valence-electron chi connectivity index (χ2n) is 7.18. The Hall–Kier alpha value is -2.37. The normalized spacial score (nSPS) is 16.2. The lowest BCUT2D eigenvalue weighted by Crippen LogP contribution is -2.49. The van der Waals surface area contributed by atoms with Gasteiger partial charge in [-0.2, -0.15) is 0 Å². The number of rotatable bonds is 7. The van der Waals surface area contributed by atoms with Gasteiger partial charge in [0.25, 0.3) is 0 Å². The third-order valence-corrected chi connectivity index (χ3v) is 5.17. The second-order valence-corrected chi connectivity index (χ2v) is 7.18. The molecule has 1 aliphatic heterocycles. The van der Waals surface area contributed by atoms with Crippen molar-refractivity contribution < 1.29 is 14.6 Å². The number of aldehydes is 1. The van der Waals surface area contributed by atoms with E-state index in [4.69, 9.17) is 4.74 Å². The summed E-state index contributed by atoms with van der Waals surface area (Å²) >= 11 is 0. The molecule has 0 amide bonds. The van der Waals surface area contributed by atoms with Gasteiger partial charge in [-0.1, -0.05) is 18.2 Å². The summed E-state index contributed by atoms with van der Waals surface area (Å²) < 4.78 is 5.63. The highest BCUT2D eigenvalue weighted by Gasteiger charge is 2.20. The van der Waals surface area contributed by atoms with Crippen LogP contribution in [0, 0.1) is 13.8 Å². The third kappa shape index (κ3) is 5.08. The number of ether oxygens (including phenoxy) is 1. The summed E-state index contributed by atoms with van der Waals surface area (Å²) in [4.78, 5) is 15.7. The summed E-state index contributed by atoms with van der Waals surface area (Å²) in [6.45, 7) is 8.76. The maximum Gasteiger partial charge on any atom is 0.153 e. The first-order chi connectivity index (χ1) is 13.1. The molecule has 0 bridgehead atoms. The molecule has 0 aromatic heterocycles. The third-order valence-electron chi connectivity index (χ3n) is 5.17. The van der Waals surface area contributed by atoms with Crippen LogP contribution in [0.1, 0.15) is 21.5 Å². The standard InChI is InChI=1S/C22H28N2O3/c1-17-7-8-20(13-18(17)2)24-11-9-23(10-12-24)14-21(26)16-27-22-6-4-3-5-19(22)15-25/h3-8,13,15,21,26H,9-12,14,16H2,1-2H3. The molecule has 2 aromatic carbocycles. The van der Waals surface area contributed by atoms with E-state index in [0.717, 1.165) is 32.5 Å². The molecule has 1 saturated heterocycles. The van der Waals surface area contributed by atoms with Gasteiger partial charge in [-0.05, 0) is 49.2 Å². The summed E-state index contributed by atoms with van der Waals surface area (Å²) in [5, 5.41) is 10.3. The van der Waals surface area contributed by atoms with Crippen molar-refractivity contribution in [2.45, 2.75) is 20.0 Å². The molecule has 0 aliphatic carbocycles. The summed E-state index contributed by atoms with van der Waals surface area (Å²) in [6, 6.07) is 13.7. The van der Waals surface area contributed by atoms with Crippen LogP contribution >= 0.6 is 0 Å². The van der Waals surface area contributed by atoms with Crippen molar-refractivity contribution in [1.82, 2.24) is 4.90 Å². The molecule has 1 fully saturated rings. The number of para-hydroxylation sites is 1. The summed E-state index contributed by atoms with van der Waals surface area (Å²) in [5.74, 6) is 0.520. The topological polar surface area (TPSA) is 53.0 Å². The Morgan fingerprint density at radius 3 is 2.52 bits per heavy atom. The molecular weight excluding hydrogens is 340 g/mol. The van der Waals surface area contributed by atoms with Crippen molar-refractivity contribution in [3.63, 3.8) is 0 Å². The number of carbonyl (C=O) groups excluding carboxylic acids is 1. The fraction of sp³-hybridized carbons (Fsp3) is 0.409. The Balaban J connectivity index is 1.45. The van der Waals surface area contributed by atoms with Crippen LogP contribution in [0.2, 0.25) is 0 Å². The van der Waals surface area contributed by atoms with E-state index in [0.29, 0.717) is 17.9 Å². The highest BCUT2D eigenvalue weighted by Crippen LogP contribution is 2.20. The van der Waals surface area contributed by atoms with Crippen molar-refractivity contribution in [3.05, 3.63) is 59.2 Å². The number of aryl methyl sites for hydroxylation is 2. The Morgan fingerprint density at radius 2 is 1.81 bits per heavy atom. The minimum Gasteiger partial charge on any atom is -0.490 e. The lowest BCUT2D eigenvalue weighted by Gasteiger charge is -2.37. The zero-order chi connectivity index (χ0) is 19.2. The molecule has 27 heavy (non-hydrogen) atoms. The van der Waals surface area contributed by atoms with Crippen LogP contribution in [0.15, 0.2) is 42.5 Å². The van der Waals surface area contributed by atoms with Crippen LogP contribution < -0.4 is 9.64 Å². The van der Waals surface area contributed by atoms with E-state index < -0.39 is 6.10 Å². The average Bonchev–Trinajstić information content (AvgIpc) is 2.69. The van der Waals surface area contributed by atoms with E-state index in [9.17, 15) is 9.90 Å². The highest BCUT2D eigenvalue weighted by atomic mass is 16.5. The molecule has 144 valence electrons. The molecule has 0 saturated carbocycles. The fourth-order valence-corrected chi connectivity index (χ4v) is 3.36. The molecule has 1 unspecified atom stereocenters. The quantitative estimate of drug-likeness (QED) is 0.762. The smallest absolute Gasteiger partial charge is 0.153 e. The van der Waals surface area contributed by atoms with Gasteiger partial charge in [-0.15, -0.1) is 0 Å². The molecule has 1 N–H and O–H groups in total. The van der Waals surface area contributed by atoms with Crippen LogP contribution in [0.25, 0.3) is 0 Å². The van der Waals surface area contributed by atoms with Crippen molar-refractivity contribution in [3.8, 4) is 5.75 Å². The number of benzene rings is 2. The van der Waals surface area contributed by atoms with E-state index in [2.05, 4.69) is 41.8 Å². The molecule has 5 nitrogen and oxygen atoms in total. The average molecular weight is 368 g/mol. The number of anilines is 1. The number of piperazine rings is 1. The SMILES string of the molecule is Cc1ccc(N2CCN(CC(O)COc3ccccc3C=O)CC2)cc1C. The molecule has 5 heteroatoms. The lowest BCUT2D eigenvalue weighted by molar-refractivity contribution is 0.0658. The molecular formula is C22H28N2O3. The number of hydrogen-bond donors (Lipinski definition) is 1. The Bertz CT molecular complexity index is 770. The molecule has 3 rings (SSSR count). The van der Waals surface area contributed by atoms with Gasteiger partial charge in [0.2, 0.25) is 0 Å². The molecule has 0 spiro atoms. The van der Waals surface area contributed by atoms with E-state index >= 15 is 0 Å². The maximum absolute atomic E-state index is 11.0. The summed E-state index contributed by atoms with van der Waals surface area (Å²) in [6.07, 6.45) is 0.186. The van der Waals surface area contributed by atoms with Gasteiger partial charge in [-0.3, -0.25) is 9.69 Å². The van der Waals surface area contributed by atoms with Crippen LogP contribution in [0.4, 0.5) is 5.69 Å². The number of nitrogens with zero attached hydrogens (tertiary/aromatic N) is 2. The highest BCUT2D eigenvalue weighted by molar-refractivity contribution is 5.79. The van der Waals surface area contributed by atoms with Crippen LogP contribution in [-0.4, -0.2) is 61.7 Å². The van der Waals surface area contributed by atoms with Gasteiger partial charge in [0, 0.05) is 38.4 Å². The summed E-state index contributed by atoms with van der Waals surface area (Å²) in [7, 11) is 0. The number of carbonyl (C=O) groups is 1. The Labute approximate surface area is 161 Å². The monoisotopic (exact) mass is 368 g/mol. The fourth-order valence-electron chi connectivity index (χ4n) is 3.36. The van der Waals surface area contributed by atoms with Crippen LogP contribution in [0.5, 0.6) is 5.75 Å². The first kappa shape index (κ1) is 19.4. The van der Waals surface area contributed by atoms with Crippen LogP contribution in [-0.2, 0) is 0 Å². The first-order valence-corrected chi connectivity index (χ1v) is 9.46. The predicted molar refractivity (Wildman–Crippen MR) is 108 cm³/mol. The van der Waals surface area contributed by atoms with Gasteiger partial charge in [0.15, 0.2) is 6.29 Å². The number of aliphatic hydroxyl groups excluding tert-OH is 1. The van der Waals surface area contributed by atoms with Crippen molar-refractivity contribution >= 4 is 12.0 Å². The number of aliphatic hydroxyl groups is 1. The second kappa shape index (κ2) is 9.02. The largest absolute Gasteiger partial charge is 0.490 e. The molecule has 1 aliphatic rings. The molecule has 1 atom stereocenters. The minimum absolute atomic E-state index is 0.183. The molecule has 1 heterocycles. The van der Waals surface area contributed by atoms with E-state index in [1.54, 1.807) is 18.2 Å². The van der Waals surface area contributed by atoms with Gasteiger partial charge >= 0.3 is 0 Å². The van der Waals surface area contributed by atoms with E-state index in [1.165, 1.54) is 16.8 Å². The van der Waals surface area contributed by atoms with Crippen molar-refractivity contribution in [1.29, 1.82) is 0 Å². The summed E-state index contributed by atoms with van der Waals surface area (Å²) in [5.41, 5.74) is 4.41. The van der Waals surface area contributed by atoms with Crippen molar-refractivity contribution in [2.75, 3.05) is 44.2 Å². The van der Waals surface area contributed by atoms with Gasteiger partial charge in [0.1, 0.15) is 18.5 Å². The van der Waals surface area contributed by atoms with Crippen LogP contribution in [0.3, 0.4) is 0 Å². The Kier molecular flexibility index (Phi) is 6.48. The van der Waals surface area contributed by atoms with Gasteiger partial charge in [0.05, 0.1) is 5.56 Å². The van der Waals surface area contributed by atoms with Gasteiger partial charge in [-0.25, -0.2) is 0 Å². The molecule has 0 radical (unpaired) electrons. The van der Waals surface area contributed by atoms with E-state index in [-0.39, 0.29) is 6.61 Å². The first-order valence-electron chi connectivity index (χ1n) is 9.46.